The van der Waals surface area contributed by atoms with Gasteiger partial charge in [0.05, 0.1) is 11.0 Å². The zero-order chi connectivity index (χ0) is 21.3. The van der Waals surface area contributed by atoms with E-state index < -0.39 is 0 Å². The van der Waals surface area contributed by atoms with E-state index in [9.17, 15) is 0 Å². The van der Waals surface area contributed by atoms with Crippen molar-refractivity contribution in [2.24, 2.45) is 0 Å². The molecule has 0 N–H and O–H groups in total. The van der Waals surface area contributed by atoms with Crippen LogP contribution in [0.15, 0.2) is 66.7 Å². The Hall–Kier alpha value is -3.07. The average molecular weight is 399 g/mol. The molecule has 0 bridgehead atoms. The Morgan fingerprint density at radius 2 is 1.63 bits per heavy atom. The van der Waals surface area contributed by atoms with Gasteiger partial charge >= 0.3 is 0 Å². The fraction of sp³-hybridized carbons (Fsp3) is 0.296. The molecule has 3 heteroatoms. The van der Waals surface area contributed by atoms with Crippen molar-refractivity contribution in [3.8, 4) is 5.75 Å². The maximum Gasteiger partial charge on any atom is 0.148 e. The maximum atomic E-state index is 6.19. The molecule has 0 radical (unpaired) electrons. The van der Waals surface area contributed by atoms with Gasteiger partial charge in [-0.1, -0.05) is 69.3 Å². The topological polar surface area (TPSA) is 27.1 Å². The zero-order valence-corrected chi connectivity index (χ0v) is 18.6. The predicted molar refractivity (Wildman–Crippen MR) is 124 cm³/mol. The lowest BCUT2D eigenvalue weighted by Crippen LogP contribution is -2.12. The van der Waals surface area contributed by atoms with Gasteiger partial charge in [-0.15, -0.1) is 0 Å². The number of aromatic nitrogens is 2. The van der Waals surface area contributed by atoms with Gasteiger partial charge in [0.15, 0.2) is 0 Å². The van der Waals surface area contributed by atoms with E-state index >= 15 is 0 Å². The van der Waals surface area contributed by atoms with Crippen molar-refractivity contribution in [2.75, 3.05) is 0 Å². The molecule has 0 fully saturated rings. The van der Waals surface area contributed by atoms with Gasteiger partial charge in [-0.25, -0.2) is 4.98 Å². The lowest BCUT2D eigenvalue weighted by atomic mass is 9.87. The summed E-state index contributed by atoms with van der Waals surface area (Å²) in [5.41, 5.74) is 7.24. The van der Waals surface area contributed by atoms with Crippen LogP contribution in [0.2, 0.25) is 0 Å². The van der Waals surface area contributed by atoms with Crippen molar-refractivity contribution in [3.63, 3.8) is 0 Å². The Bertz CT molecular complexity index is 1160. The smallest absolute Gasteiger partial charge is 0.148 e. The van der Waals surface area contributed by atoms with Crippen LogP contribution in [0.1, 0.15) is 48.8 Å². The van der Waals surface area contributed by atoms with Gasteiger partial charge < -0.3 is 9.30 Å². The number of para-hydroxylation sites is 2. The van der Waals surface area contributed by atoms with Crippen LogP contribution in [-0.4, -0.2) is 9.55 Å². The van der Waals surface area contributed by atoms with Crippen LogP contribution in [0, 0.1) is 13.8 Å². The second-order valence-corrected chi connectivity index (χ2v) is 9.11. The SMILES string of the molecule is Cc1ccc(C)c(OCc2nc3ccccc3n2Cc2ccc(C(C)(C)C)cc2)c1. The molecule has 0 aliphatic rings. The van der Waals surface area contributed by atoms with Gasteiger partial charge in [0.1, 0.15) is 18.2 Å². The standard InChI is InChI=1S/C27H30N2O/c1-19-10-11-20(2)25(16-19)30-18-26-28-23-8-6-7-9-24(23)29(26)17-21-12-14-22(15-13-21)27(3,4)5/h6-16H,17-18H2,1-5H3. The first-order valence-corrected chi connectivity index (χ1v) is 10.5. The predicted octanol–water partition coefficient (Wildman–Crippen LogP) is 6.58. The lowest BCUT2D eigenvalue weighted by Gasteiger charge is -2.19. The van der Waals surface area contributed by atoms with Crippen LogP contribution >= 0.6 is 0 Å². The van der Waals surface area contributed by atoms with Crippen molar-refractivity contribution in [3.05, 3.63) is 94.8 Å². The third kappa shape index (κ3) is 4.25. The summed E-state index contributed by atoms with van der Waals surface area (Å²) in [6.45, 7) is 12.1. The van der Waals surface area contributed by atoms with Crippen molar-refractivity contribution >= 4 is 11.0 Å². The van der Waals surface area contributed by atoms with Crippen LogP contribution in [-0.2, 0) is 18.6 Å². The van der Waals surface area contributed by atoms with E-state index in [0.29, 0.717) is 6.61 Å². The summed E-state index contributed by atoms with van der Waals surface area (Å²) >= 11 is 0. The fourth-order valence-electron chi connectivity index (χ4n) is 3.71. The van der Waals surface area contributed by atoms with E-state index in [0.717, 1.165) is 34.7 Å². The monoisotopic (exact) mass is 398 g/mol. The summed E-state index contributed by atoms with van der Waals surface area (Å²) in [5, 5.41) is 0. The van der Waals surface area contributed by atoms with Gasteiger partial charge in [-0.2, -0.15) is 0 Å². The van der Waals surface area contributed by atoms with Crippen LogP contribution < -0.4 is 4.74 Å². The normalized spacial score (nSPS) is 11.8. The molecule has 0 spiro atoms. The zero-order valence-electron chi connectivity index (χ0n) is 18.6. The molecule has 4 rings (SSSR count). The molecule has 0 aliphatic carbocycles. The molecule has 0 saturated carbocycles. The first-order valence-electron chi connectivity index (χ1n) is 10.5. The van der Waals surface area contributed by atoms with Crippen LogP contribution in [0.3, 0.4) is 0 Å². The van der Waals surface area contributed by atoms with E-state index in [-0.39, 0.29) is 5.41 Å². The minimum Gasteiger partial charge on any atom is -0.485 e. The fourth-order valence-corrected chi connectivity index (χ4v) is 3.71. The van der Waals surface area contributed by atoms with Gasteiger partial charge in [0, 0.05) is 6.54 Å². The number of imidazole rings is 1. The van der Waals surface area contributed by atoms with Crippen LogP contribution in [0.25, 0.3) is 11.0 Å². The third-order valence-electron chi connectivity index (χ3n) is 5.59. The van der Waals surface area contributed by atoms with Crippen LogP contribution in [0.5, 0.6) is 5.75 Å². The molecule has 0 saturated heterocycles. The Morgan fingerprint density at radius 1 is 0.900 bits per heavy atom. The van der Waals surface area contributed by atoms with Gasteiger partial charge in [0.25, 0.3) is 0 Å². The molecule has 0 unspecified atom stereocenters. The highest BCUT2D eigenvalue weighted by molar-refractivity contribution is 5.76. The molecule has 0 aliphatic heterocycles. The number of hydrogen-bond acceptors (Lipinski definition) is 2. The molecular weight excluding hydrogens is 368 g/mol. The molecule has 0 amide bonds. The number of benzene rings is 3. The van der Waals surface area contributed by atoms with Crippen molar-refractivity contribution in [2.45, 2.75) is 53.2 Å². The van der Waals surface area contributed by atoms with Gasteiger partial charge in [-0.05, 0) is 59.7 Å². The Labute approximate surface area is 179 Å². The van der Waals surface area contributed by atoms with Crippen molar-refractivity contribution in [1.82, 2.24) is 9.55 Å². The molecule has 154 valence electrons. The first-order chi connectivity index (χ1) is 14.3. The summed E-state index contributed by atoms with van der Waals surface area (Å²) in [4.78, 5) is 4.87. The van der Waals surface area contributed by atoms with E-state index in [1.54, 1.807) is 0 Å². The molecular formula is C27H30N2O. The second kappa shape index (κ2) is 7.98. The molecule has 3 nitrogen and oxygen atoms in total. The third-order valence-corrected chi connectivity index (χ3v) is 5.59. The van der Waals surface area contributed by atoms with Crippen LogP contribution in [0.4, 0.5) is 0 Å². The lowest BCUT2D eigenvalue weighted by molar-refractivity contribution is 0.289. The summed E-state index contributed by atoms with van der Waals surface area (Å²) < 4.78 is 8.46. The van der Waals surface area contributed by atoms with Crippen molar-refractivity contribution in [1.29, 1.82) is 0 Å². The summed E-state index contributed by atoms with van der Waals surface area (Å²) in [5.74, 6) is 1.86. The molecule has 1 heterocycles. The molecule has 4 aromatic rings. The summed E-state index contributed by atoms with van der Waals surface area (Å²) in [6.07, 6.45) is 0. The molecule has 1 aromatic heterocycles. The number of fused-ring (bicyclic) bond motifs is 1. The van der Waals surface area contributed by atoms with Crippen molar-refractivity contribution < 1.29 is 4.74 Å². The summed E-state index contributed by atoms with van der Waals surface area (Å²) in [6, 6.07) is 23.5. The number of rotatable bonds is 5. The number of ether oxygens (including phenoxy) is 1. The first kappa shape index (κ1) is 20.2. The van der Waals surface area contributed by atoms with Gasteiger partial charge in [-0.3, -0.25) is 0 Å². The van der Waals surface area contributed by atoms with E-state index in [1.165, 1.54) is 16.7 Å². The number of nitrogens with zero attached hydrogens (tertiary/aromatic N) is 2. The number of hydrogen-bond donors (Lipinski definition) is 0. The van der Waals surface area contributed by atoms with Gasteiger partial charge in [0.2, 0.25) is 0 Å². The quantitative estimate of drug-likeness (QED) is 0.380. The van der Waals surface area contributed by atoms with E-state index in [1.807, 2.05) is 6.07 Å². The number of aryl methyl sites for hydroxylation is 2. The minimum atomic E-state index is 0.158. The Balaban J connectivity index is 1.64. The Morgan fingerprint density at radius 3 is 2.37 bits per heavy atom. The summed E-state index contributed by atoms with van der Waals surface area (Å²) in [7, 11) is 0. The minimum absolute atomic E-state index is 0.158. The maximum absolute atomic E-state index is 6.19. The van der Waals surface area contributed by atoms with E-state index in [4.69, 9.17) is 9.72 Å². The molecule has 30 heavy (non-hydrogen) atoms. The highest BCUT2D eigenvalue weighted by Crippen LogP contribution is 2.25. The second-order valence-electron chi connectivity index (χ2n) is 9.11. The largest absolute Gasteiger partial charge is 0.485 e. The Kier molecular flexibility index (Phi) is 5.38. The molecule has 3 aromatic carbocycles. The average Bonchev–Trinajstić information content (AvgIpc) is 3.06. The highest BCUT2D eigenvalue weighted by Gasteiger charge is 2.15. The highest BCUT2D eigenvalue weighted by atomic mass is 16.5. The molecule has 0 atom stereocenters. The van der Waals surface area contributed by atoms with E-state index in [2.05, 4.69) is 99.8 Å².